The van der Waals surface area contributed by atoms with E-state index in [0.29, 0.717) is 4.90 Å². The van der Waals surface area contributed by atoms with E-state index in [0.717, 1.165) is 0 Å². The number of carboxylic acids is 2. The number of hydrogen-bond acceptors (Lipinski definition) is 5. The van der Waals surface area contributed by atoms with Gasteiger partial charge in [-0.1, -0.05) is 42.5 Å². The number of carbonyl (C=O) groups excluding carboxylic acids is 2. The molecular formula is C21H20NO8P. The van der Waals surface area contributed by atoms with Crippen molar-refractivity contribution in [3.05, 3.63) is 71.3 Å². The summed E-state index contributed by atoms with van der Waals surface area (Å²) in [4.78, 5) is 60.1. The Hall–Kier alpha value is -3.29. The van der Waals surface area contributed by atoms with E-state index < -0.39 is 55.4 Å². The minimum absolute atomic E-state index is 0.0918. The summed E-state index contributed by atoms with van der Waals surface area (Å²) in [5.74, 6) is -7.20. The van der Waals surface area contributed by atoms with Crippen LogP contribution in [0.15, 0.2) is 54.6 Å². The van der Waals surface area contributed by atoms with Crippen molar-refractivity contribution in [1.29, 1.82) is 0 Å². The van der Waals surface area contributed by atoms with E-state index in [1.165, 1.54) is 24.3 Å². The van der Waals surface area contributed by atoms with Gasteiger partial charge < -0.3 is 15.1 Å². The standard InChI is InChI=1S/C21H20NO8P/c23-17(24)11-10-14(21(27)28)12-31(29,30)20(13-6-2-1-3-7-13)22-18(25)15-8-4-5-9-16(15)19(22)26/h1-9,14,20H,10-12H2,(H,23,24)(H,27,28)(H,29,30). The summed E-state index contributed by atoms with van der Waals surface area (Å²) in [7, 11) is -4.54. The predicted molar refractivity (Wildman–Crippen MR) is 109 cm³/mol. The number of rotatable bonds is 9. The van der Waals surface area contributed by atoms with Gasteiger partial charge in [0.15, 0.2) is 0 Å². The Bertz CT molecular complexity index is 1050. The second-order valence-corrected chi connectivity index (χ2v) is 9.58. The summed E-state index contributed by atoms with van der Waals surface area (Å²) in [6, 6.07) is 13.7. The molecule has 0 aromatic heterocycles. The van der Waals surface area contributed by atoms with Crippen molar-refractivity contribution in [2.75, 3.05) is 6.16 Å². The van der Waals surface area contributed by atoms with Gasteiger partial charge in [-0.05, 0) is 24.1 Å². The topological polar surface area (TPSA) is 149 Å². The molecule has 10 heteroatoms. The Morgan fingerprint density at radius 3 is 1.90 bits per heavy atom. The number of fused-ring (bicyclic) bond motifs is 1. The molecule has 2 amide bonds. The molecule has 31 heavy (non-hydrogen) atoms. The molecule has 9 nitrogen and oxygen atoms in total. The molecule has 3 N–H and O–H groups in total. The number of hydrogen-bond donors (Lipinski definition) is 3. The summed E-state index contributed by atoms with van der Waals surface area (Å²) in [6.45, 7) is 0. The van der Waals surface area contributed by atoms with Gasteiger partial charge in [-0.15, -0.1) is 0 Å². The number of aliphatic carboxylic acids is 2. The van der Waals surface area contributed by atoms with Gasteiger partial charge in [0.2, 0.25) is 7.37 Å². The zero-order valence-electron chi connectivity index (χ0n) is 16.2. The number of benzene rings is 2. The lowest BCUT2D eigenvalue weighted by molar-refractivity contribution is -0.142. The number of carbonyl (C=O) groups is 4. The first-order valence-electron chi connectivity index (χ1n) is 9.41. The molecule has 0 radical (unpaired) electrons. The molecule has 162 valence electrons. The molecule has 0 saturated heterocycles. The van der Waals surface area contributed by atoms with Crippen molar-refractivity contribution in [3.8, 4) is 0 Å². The summed E-state index contributed by atoms with van der Waals surface area (Å²) < 4.78 is 13.5. The Balaban J connectivity index is 2.03. The first-order valence-corrected chi connectivity index (χ1v) is 11.3. The van der Waals surface area contributed by atoms with E-state index in [2.05, 4.69) is 0 Å². The second kappa shape index (κ2) is 8.83. The average Bonchev–Trinajstić information content (AvgIpc) is 2.97. The van der Waals surface area contributed by atoms with Gasteiger partial charge in [-0.3, -0.25) is 28.6 Å². The van der Waals surface area contributed by atoms with E-state index in [1.54, 1.807) is 30.3 Å². The monoisotopic (exact) mass is 445 g/mol. The summed E-state index contributed by atoms with van der Waals surface area (Å²) >= 11 is 0. The van der Waals surface area contributed by atoms with Crippen molar-refractivity contribution in [3.63, 3.8) is 0 Å². The predicted octanol–water partition coefficient (Wildman–Crippen LogP) is 2.82. The van der Waals surface area contributed by atoms with E-state index in [1.807, 2.05) is 0 Å². The second-order valence-electron chi connectivity index (χ2n) is 7.22. The fourth-order valence-corrected chi connectivity index (χ4v) is 6.00. The molecule has 1 aliphatic rings. The molecule has 0 fully saturated rings. The molecule has 0 spiro atoms. The van der Waals surface area contributed by atoms with Gasteiger partial charge >= 0.3 is 11.9 Å². The van der Waals surface area contributed by atoms with Gasteiger partial charge in [-0.2, -0.15) is 0 Å². The molecule has 2 aromatic rings. The van der Waals surface area contributed by atoms with Crippen LogP contribution in [-0.4, -0.2) is 49.9 Å². The quantitative estimate of drug-likeness (QED) is 0.394. The maximum atomic E-state index is 13.5. The number of amides is 2. The summed E-state index contributed by atoms with van der Waals surface area (Å²) in [5, 5.41) is 18.3. The summed E-state index contributed by atoms with van der Waals surface area (Å²) in [5.41, 5.74) is 0.383. The Morgan fingerprint density at radius 1 is 0.903 bits per heavy atom. The number of nitrogens with zero attached hydrogens (tertiary/aromatic N) is 1. The third-order valence-electron chi connectivity index (χ3n) is 5.09. The molecule has 2 aromatic carbocycles. The van der Waals surface area contributed by atoms with Crippen LogP contribution >= 0.6 is 7.37 Å². The third kappa shape index (κ3) is 4.57. The smallest absolute Gasteiger partial charge is 0.307 e. The molecule has 1 heterocycles. The van der Waals surface area contributed by atoms with Crippen LogP contribution in [-0.2, 0) is 14.2 Å². The van der Waals surface area contributed by atoms with Gasteiger partial charge in [-0.25, -0.2) is 0 Å². The molecule has 0 aliphatic carbocycles. The highest BCUT2D eigenvalue weighted by Crippen LogP contribution is 2.59. The first-order chi connectivity index (χ1) is 14.6. The van der Waals surface area contributed by atoms with Crippen LogP contribution in [0.25, 0.3) is 0 Å². The lowest BCUT2D eigenvalue weighted by Crippen LogP contribution is -2.35. The van der Waals surface area contributed by atoms with E-state index in [4.69, 9.17) is 5.11 Å². The maximum absolute atomic E-state index is 13.5. The zero-order chi connectivity index (χ0) is 22.8. The van der Waals surface area contributed by atoms with Crippen LogP contribution in [0.3, 0.4) is 0 Å². The van der Waals surface area contributed by atoms with Crippen molar-refractivity contribution >= 4 is 31.1 Å². The summed E-state index contributed by atoms with van der Waals surface area (Å²) in [6.07, 6.45) is -1.65. The van der Waals surface area contributed by atoms with Gasteiger partial charge in [0.25, 0.3) is 11.8 Å². The maximum Gasteiger partial charge on any atom is 0.307 e. The van der Waals surface area contributed by atoms with Crippen LogP contribution in [0, 0.1) is 5.92 Å². The van der Waals surface area contributed by atoms with Gasteiger partial charge in [0, 0.05) is 12.6 Å². The normalized spacial score (nSPS) is 17.0. The molecule has 0 bridgehead atoms. The largest absolute Gasteiger partial charge is 0.481 e. The average molecular weight is 445 g/mol. The fraction of sp³-hybridized carbons (Fsp3) is 0.238. The Morgan fingerprint density at radius 2 is 1.42 bits per heavy atom. The van der Waals surface area contributed by atoms with Crippen molar-refractivity contribution < 1.29 is 38.8 Å². The van der Waals surface area contributed by atoms with Crippen molar-refractivity contribution in [2.24, 2.45) is 5.92 Å². The first kappa shape index (κ1) is 22.4. The van der Waals surface area contributed by atoms with E-state index in [9.17, 15) is 33.7 Å². The molecule has 1 aliphatic heterocycles. The zero-order valence-corrected chi connectivity index (χ0v) is 17.1. The van der Waals surface area contributed by atoms with Crippen LogP contribution in [0.4, 0.5) is 0 Å². The van der Waals surface area contributed by atoms with E-state index >= 15 is 0 Å². The molecule has 0 saturated carbocycles. The Kier molecular flexibility index (Phi) is 6.38. The highest BCUT2D eigenvalue weighted by Gasteiger charge is 2.48. The van der Waals surface area contributed by atoms with Crippen LogP contribution in [0.5, 0.6) is 0 Å². The van der Waals surface area contributed by atoms with Crippen LogP contribution < -0.4 is 0 Å². The minimum atomic E-state index is -4.54. The molecule has 3 atom stereocenters. The van der Waals surface area contributed by atoms with Crippen molar-refractivity contribution in [1.82, 2.24) is 4.90 Å². The minimum Gasteiger partial charge on any atom is -0.481 e. The Labute approximate surface area is 177 Å². The number of imide groups is 1. The van der Waals surface area contributed by atoms with E-state index in [-0.39, 0.29) is 23.1 Å². The SMILES string of the molecule is O=C(O)CCC(CP(=O)(O)C(c1ccccc1)N1C(=O)c2ccccc2C1=O)C(=O)O. The van der Waals surface area contributed by atoms with Crippen LogP contribution in [0.1, 0.15) is 44.9 Å². The van der Waals surface area contributed by atoms with Gasteiger partial charge in [0.05, 0.1) is 17.0 Å². The van der Waals surface area contributed by atoms with Gasteiger partial charge in [0.1, 0.15) is 5.78 Å². The molecular weight excluding hydrogens is 425 g/mol. The molecule has 3 unspecified atom stereocenters. The number of carboxylic acid groups (broad SMARTS) is 2. The van der Waals surface area contributed by atoms with Crippen molar-refractivity contribution in [2.45, 2.75) is 18.6 Å². The highest BCUT2D eigenvalue weighted by molar-refractivity contribution is 7.58. The lowest BCUT2D eigenvalue weighted by Gasteiger charge is -2.31. The third-order valence-corrected chi connectivity index (χ3v) is 7.35. The lowest BCUT2D eigenvalue weighted by atomic mass is 10.1. The molecule has 3 rings (SSSR count). The van der Waals surface area contributed by atoms with Crippen LogP contribution in [0.2, 0.25) is 0 Å². The highest BCUT2D eigenvalue weighted by atomic mass is 31.2. The fourth-order valence-electron chi connectivity index (χ4n) is 3.62.